The van der Waals surface area contributed by atoms with Gasteiger partial charge in [0.1, 0.15) is 0 Å². The molecular weight excluding hydrogens is 94.1 g/mol. The number of hydrogen-bond acceptors (Lipinski definition) is 1. The summed E-state index contributed by atoms with van der Waals surface area (Å²) in [6, 6.07) is 0.704. The number of hydrogen-bond donors (Lipinski definition) is 0. The van der Waals surface area contributed by atoms with Crippen LogP contribution in [0.2, 0.25) is 0 Å². The summed E-state index contributed by atoms with van der Waals surface area (Å²) in [5.74, 6) is 2.52. The fraction of sp³-hybridized carbons (Fsp3) is 1.00. The molecule has 0 unspecified atom stereocenters. The Morgan fingerprint density at radius 2 is 2.33 bits per heavy atom. The van der Waals surface area contributed by atoms with Crippen LogP contribution in [0.25, 0.3) is 5.32 Å². The predicted molar refractivity (Wildman–Crippen MR) is 30.4 cm³/mol. The number of thioether (sulfide) groups is 1. The minimum Gasteiger partial charge on any atom is -0.661 e. The molecule has 0 atom stereocenters. The van der Waals surface area contributed by atoms with E-state index >= 15 is 0 Å². The van der Waals surface area contributed by atoms with Gasteiger partial charge in [-0.15, -0.1) is 6.04 Å². The monoisotopic (exact) mass is 102 g/mol. The van der Waals surface area contributed by atoms with Crippen molar-refractivity contribution in [3.8, 4) is 0 Å². The highest BCUT2D eigenvalue weighted by atomic mass is 32.2. The van der Waals surface area contributed by atoms with Gasteiger partial charge in [-0.05, 0) is 11.5 Å². The minimum absolute atomic E-state index is 0.704. The Bertz CT molecular complexity index is 40.1. The van der Waals surface area contributed by atoms with Gasteiger partial charge < -0.3 is 5.32 Å². The van der Waals surface area contributed by atoms with Crippen LogP contribution in [-0.4, -0.2) is 24.6 Å². The Kier molecular flexibility index (Phi) is 1.37. The van der Waals surface area contributed by atoms with Crippen LogP contribution in [0.3, 0.4) is 0 Å². The molecule has 0 amide bonds. The highest BCUT2D eigenvalue weighted by Crippen LogP contribution is 2.22. The van der Waals surface area contributed by atoms with Crippen LogP contribution >= 0.6 is 11.8 Å². The Balaban J connectivity index is 2.01. The third-order valence-electron chi connectivity index (χ3n) is 0.986. The van der Waals surface area contributed by atoms with E-state index in [4.69, 9.17) is 0 Å². The lowest BCUT2D eigenvalue weighted by Gasteiger charge is -2.35. The van der Waals surface area contributed by atoms with Gasteiger partial charge in [0.15, 0.2) is 0 Å². The molecule has 1 heterocycles. The molecule has 36 valence electrons. The molecule has 0 saturated carbocycles. The van der Waals surface area contributed by atoms with Crippen LogP contribution < -0.4 is 0 Å². The van der Waals surface area contributed by atoms with Crippen molar-refractivity contribution in [2.45, 2.75) is 6.04 Å². The third-order valence-corrected chi connectivity index (χ3v) is 2.23. The Morgan fingerprint density at radius 3 is 2.33 bits per heavy atom. The molecule has 0 aromatic heterocycles. The number of rotatable bonds is 1. The normalized spacial score (nSPS) is 23.5. The first kappa shape index (κ1) is 4.47. The van der Waals surface area contributed by atoms with Crippen LogP contribution in [0.15, 0.2) is 0 Å². The van der Waals surface area contributed by atoms with Crippen LogP contribution in [0.1, 0.15) is 0 Å². The smallest absolute Gasteiger partial charge is 0.0221 e. The van der Waals surface area contributed by atoms with E-state index in [0.717, 1.165) is 0 Å². The minimum atomic E-state index is 0.704. The summed E-state index contributed by atoms with van der Waals surface area (Å²) in [6.45, 7) is 0. The standard InChI is InChI=1S/C4H8NS/c1-5-4-2-6-3-4/h4H,2-3H2,1H3/q-1. The van der Waals surface area contributed by atoms with Gasteiger partial charge in [0.2, 0.25) is 0 Å². The molecule has 1 nitrogen and oxygen atoms in total. The van der Waals surface area contributed by atoms with Gasteiger partial charge in [0.25, 0.3) is 0 Å². The van der Waals surface area contributed by atoms with Crippen molar-refractivity contribution in [2.75, 3.05) is 18.6 Å². The van der Waals surface area contributed by atoms with E-state index in [2.05, 4.69) is 5.32 Å². The molecule has 1 rings (SSSR count). The van der Waals surface area contributed by atoms with E-state index in [-0.39, 0.29) is 0 Å². The van der Waals surface area contributed by atoms with Gasteiger partial charge in [0.05, 0.1) is 0 Å². The predicted octanol–water partition coefficient (Wildman–Crippen LogP) is 1.11. The van der Waals surface area contributed by atoms with Crippen molar-refractivity contribution in [1.82, 2.24) is 0 Å². The van der Waals surface area contributed by atoms with Gasteiger partial charge in [-0.1, -0.05) is 0 Å². The highest BCUT2D eigenvalue weighted by molar-refractivity contribution is 8.00. The van der Waals surface area contributed by atoms with E-state index in [0.29, 0.717) is 6.04 Å². The zero-order valence-corrected chi connectivity index (χ0v) is 4.66. The van der Waals surface area contributed by atoms with E-state index in [9.17, 15) is 0 Å². The van der Waals surface area contributed by atoms with Gasteiger partial charge in [-0.3, -0.25) is 0 Å². The highest BCUT2D eigenvalue weighted by Gasteiger charge is 2.05. The van der Waals surface area contributed by atoms with Gasteiger partial charge >= 0.3 is 0 Å². The second-order valence-electron chi connectivity index (χ2n) is 1.45. The Labute approximate surface area is 42.5 Å². The summed E-state index contributed by atoms with van der Waals surface area (Å²) in [5.41, 5.74) is 0. The average Bonchev–Trinajstić information content (AvgIpc) is 1.31. The molecule has 6 heavy (non-hydrogen) atoms. The van der Waals surface area contributed by atoms with Crippen molar-refractivity contribution in [1.29, 1.82) is 0 Å². The van der Waals surface area contributed by atoms with Crippen LogP contribution in [0.4, 0.5) is 0 Å². The maximum absolute atomic E-state index is 4.07. The molecule has 0 radical (unpaired) electrons. The molecule has 0 aliphatic carbocycles. The van der Waals surface area contributed by atoms with Crippen LogP contribution in [0.5, 0.6) is 0 Å². The zero-order valence-electron chi connectivity index (χ0n) is 3.85. The van der Waals surface area contributed by atoms with Crippen molar-refractivity contribution in [3.05, 3.63) is 5.32 Å². The summed E-state index contributed by atoms with van der Waals surface area (Å²) in [7, 11) is 1.89. The molecule has 0 aromatic rings. The van der Waals surface area contributed by atoms with Crippen molar-refractivity contribution < 1.29 is 0 Å². The molecule has 1 aliphatic heterocycles. The molecule has 1 saturated heterocycles. The summed E-state index contributed by atoms with van der Waals surface area (Å²) < 4.78 is 0. The molecule has 0 bridgehead atoms. The molecule has 1 fully saturated rings. The van der Waals surface area contributed by atoms with Gasteiger partial charge in [-0.25, -0.2) is 0 Å². The SMILES string of the molecule is C[N-]C1CSC1. The summed E-state index contributed by atoms with van der Waals surface area (Å²) in [4.78, 5) is 0. The summed E-state index contributed by atoms with van der Waals surface area (Å²) in [6.07, 6.45) is 0. The fourth-order valence-corrected chi connectivity index (χ4v) is 1.12. The second-order valence-corrected chi connectivity index (χ2v) is 2.52. The van der Waals surface area contributed by atoms with Gasteiger partial charge in [0, 0.05) is 0 Å². The molecule has 0 N–H and O–H groups in total. The van der Waals surface area contributed by atoms with Crippen molar-refractivity contribution in [3.63, 3.8) is 0 Å². The van der Waals surface area contributed by atoms with E-state index in [1.165, 1.54) is 11.5 Å². The maximum atomic E-state index is 4.07. The van der Waals surface area contributed by atoms with E-state index < -0.39 is 0 Å². The largest absolute Gasteiger partial charge is 0.661 e. The zero-order chi connectivity index (χ0) is 4.41. The molecular formula is C4H8NS-. The topological polar surface area (TPSA) is 14.1 Å². The van der Waals surface area contributed by atoms with E-state index in [1.54, 1.807) is 0 Å². The Morgan fingerprint density at radius 1 is 1.67 bits per heavy atom. The van der Waals surface area contributed by atoms with Gasteiger partial charge in [-0.2, -0.15) is 18.8 Å². The van der Waals surface area contributed by atoms with Crippen molar-refractivity contribution >= 4 is 11.8 Å². The van der Waals surface area contributed by atoms with E-state index in [1.807, 2.05) is 18.8 Å². The maximum Gasteiger partial charge on any atom is -0.0221 e. The number of nitrogens with zero attached hydrogens (tertiary/aromatic N) is 1. The molecule has 0 spiro atoms. The first-order valence-corrected chi connectivity index (χ1v) is 3.25. The lowest BCUT2D eigenvalue weighted by Crippen LogP contribution is -2.22. The summed E-state index contributed by atoms with van der Waals surface area (Å²) >= 11 is 1.98. The lowest BCUT2D eigenvalue weighted by atomic mass is 10.4. The molecule has 2 heteroatoms. The lowest BCUT2D eigenvalue weighted by molar-refractivity contribution is 0.911. The first-order chi connectivity index (χ1) is 2.93. The van der Waals surface area contributed by atoms with Crippen molar-refractivity contribution in [2.24, 2.45) is 0 Å². The second kappa shape index (κ2) is 1.85. The third kappa shape index (κ3) is 0.684. The molecule has 1 aliphatic rings. The quantitative estimate of drug-likeness (QED) is 0.483. The van der Waals surface area contributed by atoms with Crippen LogP contribution in [0, 0.1) is 0 Å². The first-order valence-electron chi connectivity index (χ1n) is 2.10. The molecule has 0 aromatic carbocycles. The Hall–Kier alpha value is 0.310. The summed E-state index contributed by atoms with van der Waals surface area (Å²) in [5, 5.41) is 4.07. The average molecular weight is 102 g/mol. The van der Waals surface area contributed by atoms with Crippen LogP contribution in [-0.2, 0) is 0 Å². The fourth-order valence-electron chi connectivity index (χ4n) is 0.372.